The van der Waals surface area contributed by atoms with Gasteiger partial charge in [0, 0.05) is 5.69 Å². The number of hydrogen-bond donors (Lipinski definition) is 1. The molecule has 1 N–H and O–H groups in total. The van der Waals surface area contributed by atoms with E-state index in [1.807, 2.05) is 25.1 Å². The lowest BCUT2D eigenvalue weighted by Gasteiger charge is -2.06. The Hall–Kier alpha value is -1.05. The molecule has 0 spiro atoms. The van der Waals surface area contributed by atoms with Crippen LogP contribution in [0, 0.1) is 13.8 Å². The van der Waals surface area contributed by atoms with Crippen molar-refractivity contribution in [2.45, 2.75) is 29.5 Å². The van der Waals surface area contributed by atoms with E-state index < -0.39 is 0 Å². The van der Waals surface area contributed by atoms with Crippen LogP contribution in [0.4, 0.5) is 5.69 Å². The van der Waals surface area contributed by atoms with Crippen molar-refractivity contribution in [2.24, 2.45) is 0 Å². The van der Waals surface area contributed by atoms with Gasteiger partial charge >= 0.3 is 0 Å². The summed E-state index contributed by atoms with van der Waals surface area (Å²) in [6.45, 7) is 6.17. The summed E-state index contributed by atoms with van der Waals surface area (Å²) in [6.07, 6.45) is 0. The number of aryl methyl sites for hydroxylation is 2. The van der Waals surface area contributed by atoms with Gasteiger partial charge < -0.3 is 5.32 Å². The molecule has 0 saturated carbocycles. The number of carbonyl (C=O) groups is 1. The molecule has 0 aliphatic carbocycles. The van der Waals surface area contributed by atoms with Crippen LogP contribution in [0.25, 0.3) is 0 Å². The molecule has 7 heteroatoms. The molecule has 0 aliphatic rings. The van der Waals surface area contributed by atoms with Crippen LogP contribution in [0.5, 0.6) is 0 Å². The largest absolute Gasteiger partial charge is 0.325 e. The van der Waals surface area contributed by atoms with E-state index in [9.17, 15) is 4.79 Å². The summed E-state index contributed by atoms with van der Waals surface area (Å²) in [4.78, 5) is 11.9. The molecule has 1 aromatic heterocycles. The molecule has 1 amide bonds. The van der Waals surface area contributed by atoms with Gasteiger partial charge in [-0.3, -0.25) is 4.79 Å². The molecule has 0 bridgehead atoms. The predicted molar refractivity (Wildman–Crippen MR) is 91.6 cm³/mol. The summed E-state index contributed by atoms with van der Waals surface area (Å²) in [5.74, 6) is 1.30. The third-order valence-electron chi connectivity index (χ3n) is 2.77. The highest BCUT2D eigenvalue weighted by molar-refractivity contribution is 8.03. The molecule has 2 rings (SSSR count). The van der Waals surface area contributed by atoms with E-state index in [0.717, 1.165) is 20.1 Å². The minimum absolute atomic E-state index is 0.0249. The molecule has 2 aromatic rings. The van der Waals surface area contributed by atoms with E-state index in [4.69, 9.17) is 0 Å². The van der Waals surface area contributed by atoms with Gasteiger partial charge in [-0.1, -0.05) is 47.9 Å². The fourth-order valence-corrected chi connectivity index (χ4v) is 4.30. The van der Waals surface area contributed by atoms with Crippen molar-refractivity contribution in [3.63, 3.8) is 0 Å². The Balaban J connectivity index is 1.85. The Morgan fingerprint density at radius 1 is 1.19 bits per heavy atom. The third kappa shape index (κ3) is 5.01. The lowest BCUT2D eigenvalue weighted by molar-refractivity contribution is -0.113. The summed E-state index contributed by atoms with van der Waals surface area (Å²) < 4.78 is 1.79. The fraction of sp³-hybridized carbons (Fsp3) is 0.357. The second-order valence-corrected chi connectivity index (χ2v) is 8.11. The van der Waals surface area contributed by atoms with Gasteiger partial charge in [0.1, 0.15) is 0 Å². The molecule has 0 radical (unpaired) electrons. The van der Waals surface area contributed by atoms with Crippen LogP contribution >= 0.6 is 34.9 Å². The van der Waals surface area contributed by atoms with Gasteiger partial charge in [0.25, 0.3) is 0 Å². The number of aromatic nitrogens is 2. The van der Waals surface area contributed by atoms with Gasteiger partial charge in [0.05, 0.1) is 5.75 Å². The summed E-state index contributed by atoms with van der Waals surface area (Å²) in [6, 6.07) is 5.92. The molecule has 112 valence electrons. The minimum atomic E-state index is -0.0249. The molecule has 0 saturated heterocycles. The molecular weight excluding hydrogens is 322 g/mol. The third-order valence-corrected chi connectivity index (χ3v) is 5.85. The highest BCUT2D eigenvalue weighted by atomic mass is 32.2. The fourth-order valence-electron chi connectivity index (χ4n) is 1.58. The monoisotopic (exact) mass is 339 g/mol. The molecule has 0 fully saturated rings. The van der Waals surface area contributed by atoms with E-state index in [1.165, 1.54) is 34.2 Å². The number of benzene rings is 1. The standard InChI is InChI=1S/C14H17N3OS3/c1-4-19-13-16-17-14(21-13)20-8-12(18)15-11-6-5-9(2)10(3)7-11/h5-7H,4,8H2,1-3H3,(H,15,18). The zero-order valence-electron chi connectivity index (χ0n) is 12.2. The van der Waals surface area contributed by atoms with Crippen molar-refractivity contribution in [3.8, 4) is 0 Å². The first-order chi connectivity index (χ1) is 10.1. The van der Waals surface area contributed by atoms with Crippen molar-refractivity contribution < 1.29 is 4.79 Å². The summed E-state index contributed by atoms with van der Waals surface area (Å²) in [7, 11) is 0. The topological polar surface area (TPSA) is 54.9 Å². The molecule has 21 heavy (non-hydrogen) atoms. The Morgan fingerprint density at radius 2 is 1.90 bits per heavy atom. The van der Waals surface area contributed by atoms with E-state index >= 15 is 0 Å². The van der Waals surface area contributed by atoms with Crippen LogP contribution < -0.4 is 5.32 Å². The number of hydrogen-bond acceptors (Lipinski definition) is 6. The van der Waals surface area contributed by atoms with Gasteiger partial charge in [0.15, 0.2) is 8.68 Å². The maximum absolute atomic E-state index is 11.9. The van der Waals surface area contributed by atoms with Gasteiger partial charge in [-0.2, -0.15) is 0 Å². The summed E-state index contributed by atoms with van der Waals surface area (Å²) >= 11 is 4.62. The van der Waals surface area contributed by atoms with Gasteiger partial charge in [-0.05, 0) is 42.9 Å². The second-order valence-electron chi connectivity index (χ2n) is 4.40. The lowest BCUT2D eigenvalue weighted by Crippen LogP contribution is -2.14. The Morgan fingerprint density at radius 3 is 2.57 bits per heavy atom. The van der Waals surface area contributed by atoms with Crippen molar-refractivity contribution in [2.75, 3.05) is 16.8 Å². The van der Waals surface area contributed by atoms with Gasteiger partial charge in [0.2, 0.25) is 5.91 Å². The molecule has 0 aliphatic heterocycles. The highest BCUT2D eigenvalue weighted by Gasteiger charge is 2.08. The zero-order chi connectivity index (χ0) is 15.2. The number of thioether (sulfide) groups is 2. The van der Waals surface area contributed by atoms with Crippen molar-refractivity contribution in [1.82, 2.24) is 10.2 Å². The van der Waals surface area contributed by atoms with E-state index in [0.29, 0.717) is 5.75 Å². The van der Waals surface area contributed by atoms with Crippen LogP contribution in [0.15, 0.2) is 26.9 Å². The lowest BCUT2D eigenvalue weighted by atomic mass is 10.1. The zero-order valence-corrected chi connectivity index (χ0v) is 14.6. The normalized spacial score (nSPS) is 10.6. The smallest absolute Gasteiger partial charge is 0.234 e. The number of anilines is 1. The molecule has 0 atom stereocenters. The number of amides is 1. The van der Waals surface area contributed by atoms with E-state index in [-0.39, 0.29) is 5.91 Å². The number of rotatable bonds is 6. The Labute approximate surface area is 137 Å². The first-order valence-electron chi connectivity index (χ1n) is 6.54. The summed E-state index contributed by atoms with van der Waals surface area (Å²) in [5, 5.41) is 11.0. The summed E-state index contributed by atoms with van der Waals surface area (Å²) in [5.41, 5.74) is 3.23. The molecule has 1 aromatic carbocycles. The molecular formula is C14H17N3OS3. The SMILES string of the molecule is CCSc1nnc(SCC(=O)Nc2ccc(C)c(C)c2)s1. The minimum Gasteiger partial charge on any atom is -0.325 e. The van der Waals surface area contributed by atoms with Crippen LogP contribution in [-0.2, 0) is 4.79 Å². The van der Waals surface area contributed by atoms with Gasteiger partial charge in [-0.15, -0.1) is 10.2 Å². The maximum atomic E-state index is 11.9. The van der Waals surface area contributed by atoms with Crippen LogP contribution in [0.1, 0.15) is 18.1 Å². The molecule has 0 unspecified atom stereocenters. The number of nitrogens with one attached hydrogen (secondary N) is 1. The molecule has 1 heterocycles. The van der Waals surface area contributed by atoms with E-state index in [1.54, 1.807) is 11.8 Å². The average molecular weight is 340 g/mol. The first-order valence-corrected chi connectivity index (χ1v) is 9.33. The second kappa shape index (κ2) is 7.82. The molecule has 4 nitrogen and oxygen atoms in total. The quantitative estimate of drug-likeness (QED) is 0.806. The van der Waals surface area contributed by atoms with Crippen molar-refractivity contribution >= 4 is 46.5 Å². The maximum Gasteiger partial charge on any atom is 0.234 e. The average Bonchev–Trinajstić information content (AvgIpc) is 2.89. The Kier molecular flexibility index (Phi) is 6.08. The highest BCUT2D eigenvalue weighted by Crippen LogP contribution is 2.28. The Bertz CT molecular complexity index is 628. The number of carbonyl (C=O) groups excluding carboxylic acids is 1. The van der Waals surface area contributed by atoms with Crippen LogP contribution in [-0.4, -0.2) is 27.6 Å². The van der Waals surface area contributed by atoms with E-state index in [2.05, 4.69) is 29.4 Å². The first kappa shape index (κ1) is 16.3. The van der Waals surface area contributed by atoms with Crippen molar-refractivity contribution in [1.29, 1.82) is 0 Å². The van der Waals surface area contributed by atoms with Gasteiger partial charge in [-0.25, -0.2) is 0 Å². The van der Waals surface area contributed by atoms with Crippen molar-refractivity contribution in [3.05, 3.63) is 29.3 Å². The van der Waals surface area contributed by atoms with Crippen LogP contribution in [0.3, 0.4) is 0 Å². The predicted octanol–water partition coefficient (Wildman–Crippen LogP) is 4.00. The van der Waals surface area contributed by atoms with Crippen LogP contribution in [0.2, 0.25) is 0 Å². The number of nitrogens with zero attached hydrogens (tertiary/aromatic N) is 2.